The number of carboxylic acids is 1. The fraction of sp³-hybridized carbons (Fsp3) is 0.889. The Morgan fingerprint density at radius 1 is 1.54 bits per heavy atom. The van der Waals surface area contributed by atoms with Gasteiger partial charge in [-0.1, -0.05) is 6.92 Å². The highest BCUT2D eigenvalue weighted by Gasteiger charge is 2.22. The Bertz CT molecular complexity index is 164. The quantitative estimate of drug-likeness (QED) is 0.711. The molecule has 0 heterocycles. The largest absolute Gasteiger partial charge is 0.481 e. The molecule has 0 saturated heterocycles. The van der Waals surface area contributed by atoms with E-state index in [2.05, 4.69) is 11.2 Å². The summed E-state index contributed by atoms with van der Waals surface area (Å²) >= 11 is 1.78. The van der Waals surface area contributed by atoms with Gasteiger partial charge < -0.3 is 10.0 Å². The lowest BCUT2D eigenvalue weighted by Crippen LogP contribution is -2.39. The number of rotatable bonds is 6. The average molecular weight is 205 g/mol. The van der Waals surface area contributed by atoms with Gasteiger partial charge in [-0.15, -0.1) is 0 Å². The molecule has 0 rings (SSSR count). The molecule has 3 nitrogen and oxygen atoms in total. The lowest BCUT2D eigenvalue weighted by molar-refractivity contribution is -0.143. The molecule has 1 N–H and O–H groups in total. The first kappa shape index (κ1) is 12.8. The zero-order chi connectivity index (χ0) is 10.4. The molecule has 0 aliphatic heterocycles. The van der Waals surface area contributed by atoms with E-state index >= 15 is 0 Å². The van der Waals surface area contributed by atoms with Crippen molar-refractivity contribution in [2.45, 2.75) is 19.9 Å². The van der Waals surface area contributed by atoms with E-state index in [0.717, 1.165) is 12.3 Å². The van der Waals surface area contributed by atoms with Crippen LogP contribution >= 0.6 is 11.8 Å². The van der Waals surface area contributed by atoms with Crippen LogP contribution in [0.3, 0.4) is 0 Å². The summed E-state index contributed by atoms with van der Waals surface area (Å²) in [5, 5.41) is 8.79. The first-order chi connectivity index (χ1) is 6.00. The van der Waals surface area contributed by atoms with Crippen molar-refractivity contribution in [2.24, 2.45) is 5.92 Å². The van der Waals surface area contributed by atoms with Gasteiger partial charge in [-0.2, -0.15) is 11.8 Å². The SMILES string of the molecule is CSCCN(C)C(C)C(C)C(=O)O. The number of hydrogen-bond acceptors (Lipinski definition) is 3. The molecule has 0 fully saturated rings. The molecule has 2 atom stereocenters. The average Bonchev–Trinajstić information content (AvgIpc) is 2.11. The van der Waals surface area contributed by atoms with E-state index in [1.165, 1.54) is 0 Å². The molecule has 4 heteroatoms. The van der Waals surface area contributed by atoms with Crippen molar-refractivity contribution in [3.63, 3.8) is 0 Å². The normalized spacial score (nSPS) is 15.8. The predicted molar refractivity (Wildman–Crippen MR) is 57.3 cm³/mol. The molecule has 0 aromatic carbocycles. The van der Waals surface area contributed by atoms with Gasteiger partial charge in [-0.25, -0.2) is 0 Å². The highest BCUT2D eigenvalue weighted by Crippen LogP contribution is 2.09. The van der Waals surface area contributed by atoms with E-state index in [1.807, 2.05) is 14.0 Å². The van der Waals surface area contributed by atoms with E-state index in [9.17, 15) is 4.79 Å². The Kier molecular flexibility index (Phi) is 6.16. The van der Waals surface area contributed by atoms with Crippen LogP contribution in [0.2, 0.25) is 0 Å². The fourth-order valence-electron chi connectivity index (χ4n) is 1.03. The first-order valence-corrected chi connectivity index (χ1v) is 5.82. The van der Waals surface area contributed by atoms with Crippen LogP contribution in [-0.2, 0) is 4.79 Å². The summed E-state index contributed by atoms with van der Waals surface area (Å²) < 4.78 is 0. The molecular formula is C9H19NO2S. The van der Waals surface area contributed by atoms with Gasteiger partial charge >= 0.3 is 5.97 Å². The molecule has 78 valence electrons. The standard InChI is InChI=1S/C9H19NO2S/c1-7(9(11)12)8(2)10(3)5-6-13-4/h7-8H,5-6H2,1-4H3,(H,11,12). The molecule has 0 aromatic rings. The molecular weight excluding hydrogens is 186 g/mol. The Morgan fingerprint density at radius 2 is 2.08 bits per heavy atom. The van der Waals surface area contributed by atoms with Gasteiger partial charge in [-0.3, -0.25) is 4.79 Å². The summed E-state index contributed by atoms with van der Waals surface area (Å²) in [5.74, 6) is 0.0306. The van der Waals surface area contributed by atoms with Crippen LogP contribution in [0, 0.1) is 5.92 Å². The van der Waals surface area contributed by atoms with Crippen molar-refractivity contribution in [1.29, 1.82) is 0 Å². The molecule has 0 bridgehead atoms. The minimum atomic E-state index is -0.719. The van der Waals surface area contributed by atoms with Crippen LogP contribution in [0.5, 0.6) is 0 Å². The monoisotopic (exact) mass is 205 g/mol. The van der Waals surface area contributed by atoms with Crippen molar-refractivity contribution in [3.8, 4) is 0 Å². The van der Waals surface area contributed by atoms with Crippen molar-refractivity contribution in [2.75, 3.05) is 25.6 Å². The second-order valence-electron chi connectivity index (χ2n) is 3.34. The van der Waals surface area contributed by atoms with Crippen LogP contribution in [0.1, 0.15) is 13.8 Å². The van der Waals surface area contributed by atoms with Gasteiger partial charge in [-0.05, 0) is 20.2 Å². The fourth-order valence-corrected chi connectivity index (χ4v) is 1.50. The van der Waals surface area contributed by atoms with Crippen LogP contribution in [0.4, 0.5) is 0 Å². The van der Waals surface area contributed by atoms with Crippen molar-refractivity contribution in [1.82, 2.24) is 4.90 Å². The lowest BCUT2D eigenvalue weighted by atomic mass is 10.0. The number of thioether (sulfide) groups is 1. The Morgan fingerprint density at radius 3 is 2.46 bits per heavy atom. The second-order valence-corrected chi connectivity index (χ2v) is 4.33. The number of carbonyl (C=O) groups is 1. The van der Waals surface area contributed by atoms with Crippen LogP contribution in [0.25, 0.3) is 0 Å². The minimum Gasteiger partial charge on any atom is -0.481 e. The molecule has 0 aromatic heterocycles. The summed E-state index contributed by atoms with van der Waals surface area (Å²) in [6, 6.07) is 0.102. The highest BCUT2D eigenvalue weighted by molar-refractivity contribution is 7.98. The third-order valence-electron chi connectivity index (χ3n) is 2.46. The predicted octanol–water partition coefficient (Wildman–Crippen LogP) is 1.39. The number of hydrogen-bond donors (Lipinski definition) is 1. The molecule has 0 aliphatic rings. The lowest BCUT2D eigenvalue weighted by Gasteiger charge is -2.27. The first-order valence-electron chi connectivity index (χ1n) is 4.42. The van der Waals surface area contributed by atoms with E-state index < -0.39 is 5.97 Å². The zero-order valence-corrected chi connectivity index (χ0v) is 9.60. The van der Waals surface area contributed by atoms with Gasteiger partial charge in [0.25, 0.3) is 0 Å². The maximum atomic E-state index is 10.7. The summed E-state index contributed by atoms with van der Waals surface area (Å²) in [6.45, 7) is 4.65. The number of aliphatic carboxylic acids is 1. The van der Waals surface area contributed by atoms with Gasteiger partial charge in [0, 0.05) is 18.3 Å². The van der Waals surface area contributed by atoms with Crippen molar-refractivity contribution >= 4 is 17.7 Å². The minimum absolute atomic E-state index is 0.102. The van der Waals surface area contributed by atoms with Gasteiger partial charge in [0.05, 0.1) is 5.92 Å². The van der Waals surface area contributed by atoms with E-state index in [1.54, 1.807) is 18.7 Å². The summed E-state index contributed by atoms with van der Waals surface area (Å²) in [5.41, 5.74) is 0. The van der Waals surface area contributed by atoms with Crippen LogP contribution < -0.4 is 0 Å². The van der Waals surface area contributed by atoms with Crippen molar-refractivity contribution < 1.29 is 9.90 Å². The summed E-state index contributed by atoms with van der Waals surface area (Å²) in [4.78, 5) is 12.8. The molecule has 13 heavy (non-hydrogen) atoms. The smallest absolute Gasteiger partial charge is 0.307 e. The highest BCUT2D eigenvalue weighted by atomic mass is 32.2. The van der Waals surface area contributed by atoms with E-state index in [0.29, 0.717) is 0 Å². The number of nitrogens with zero attached hydrogens (tertiary/aromatic N) is 1. The van der Waals surface area contributed by atoms with Gasteiger partial charge in [0.1, 0.15) is 0 Å². The Labute approximate surface area is 84.5 Å². The third kappa shape index (κ3) is 4.52. The maximum absolute atomic E-state index is 10.7. The Balaban J connectivity index is 3.93. The second kappa shape index (κ2) is 6.27. The van der Waals surface area contributed by atoms with Gasteiger partial charge in [0.15, 0.2) is 0 Å². The van der Waals surface area contributed by atoms with E-state index in [-0.39, 0.29) is 12.0 Å². The molecule has 0 spiro atoms. The topological polar surface area (TPSA) is 40.5 Å². The Hall–Kier alpha value is -0.220. The zero-order valence-electron chi connectivity index (χ0n) is 8.78. The van der Waals surface area contributed by atoms with Crippen molar-refractivity contribution in [3.05, 3.63) is 0 Å². The third-order valence-corrected chi connectivity index (χ3v) is 3.05. The molecule has 0 radical (unpaired) electrons. The van der Waals surface area contributed by atoms with Crippen LogP contribution in [0.15, 0.2) is 0 Å². The summed E-state index contributed by atoms with van der Waals surface area (Å²) in [7, 11) is 1.97. The molecule has 0 aliphatic carbocycles. The van der Waals surface area contributed by atoms with E-state index in [4.69, 9.17) is 5.11 Å². The van der Waals surface area contributed by atoms with Crippen LogP contribution in [-0.4, -0.2) is 47.6 Å². The van der Waals surface area contributed by atoms with Gasteiger partial charge in [0.2, 0.25) is 0 Å². The molecule has 0 saturated carbocycles. The summed E-state index contributed by atoms with van der Waals surface area (Å²) in [6.07, 6.45) is 2.05. The molecule has 0 amide bonds. The number of carboxylic acid groups (broad SMARTS) is 1. The molecule has 2 unspecified atom stereocenters. The maximum Gasteiger partial charge on any atom is 0.307 e.